The van der Waals surface area contributed by atoms with Crippen LogP contribution in [0.5, 0.6) is 46.0 Å². The van der Waals surface area contributed by atoms with Gasteiger partial charge < -0.3 is 72.9 Å². The molecule has 4 aliphatic heterocycles. The molecule has 0 fully saturated rings. The zero-order valence-electron chi connectivity index (χ0n) is 62.2. The van der Waals surface area contributed by atoms with Gasteiger partial charge in [0.1, 0.15) is 0 Å². The average molecular weight is 1450 g/mol. The van der Waals surface area contributed by atoms with E-state index in [1.54, 1.807) is 63.1 Å². The molecule has 0 bridgehead atoms. The van der Waals surface area contributed by atoms with Crippen molar-refractivity contribution in [2.75, 3.05) is 89.3 Å². The van der Waals surface area contributed by atoms with Crippen LogP contribution in [-0.2, 0) is 61.0 Å². The van der Waals surface area contributed by atoms with Gasteiger partial charge >= 0.3 is 0 Å². The van der Waals surface area contributed by atoms with Crippen molar-refractivity contribution in [3.8, 4) is 46.0 Å². The van der Waals surface area contributed by atoms with Gasteiger partial charge in [-0.1, -0.05) is 72.8 Å². The van der Waals surface area contributed by atoms with Crippen molar-refractivity contribution in [2.45, 2.75) is 95.2 Å². The number of ether oxygens (including phenoxy) is 8. The molecule has 552 valence electrons. The lowest BCUT2D eigenvalue weighted by Gasteiger charge is -2.35. The van der Waals surface area contributed by atoms with Gasteiger partial charge in [-0.15, -0.1) is 0 Å². The van der Waals surface area contributed by atoms with E-state index in [1.165, 1.54) is 88.2 Å². The molecule has 5 N–H and O–H groups in total. The molecule has 0 saturated carbocycles. The molecule has 18 nitrogen and oxygen atoms in total. The van der Waals surface area contributed by atoms with Gasteiger partial charge in [-0.05, 0) is 224 Å². The van der Waals surface area contributed by atoms with E-state index >= 15 is 0 Å². The number of hydrogen-bond acceptors (Lipinski definition) is 13. The third kappa shape index (κ3) is 16.5. The summed E-state index contributed by atoms with van der Waals surface area (Å²) in [5.74, 6) is 6.09. The number of aromatic nitrogens is 4. The van der Waals surface area contributed by atoms with E-state index < -0.39 is 0 Å². The number of aryl methyl sites for hydroxylation is 4. The standard InChI is InChI=1S/2C22H24N2O3.C21H24N2O2.C21H22N2O2.CH4S/c2*1-26-21-11-15-9-10-24(14-25)20(18(15)12-22(21)27-2)8-7-16-13-23-19-6-4-3-5-17(16)19;2*1-24-20-11-14-9-10-22-19(17(14)12-21(20)25-2)8-7-15-13-23-18-6-4-3-5-16(15)18;1-2/h2*3-6,11-14,20,23H,7-10H2,1-2H3;3-6,11-13,19,22-23H,7-10H2,1-2H3;3-6,11-13,23H,7-10H2,1-2H3;2H,1H3/t2*20-;19-;;/m000../s1. The Labute approximate surface area is 626 Å². The number of methoxy groups -OCH3 is 8. The maximum Gasteiger partial charge on any atom is 0.210 e. The first-order valence-electron chi connectivity index (χ1n) is 36.4. The lowest BCUT2D eigenvalue weighted by atomic mass is 9.88. The Morgan fingerprint density at radius 1 is 0.396 bits per heavy atom. The molecule has 12 aromatic rings. The number of thiol groups is 1. The number of carbonyl (C=O) groups excluding carboxylic acids is 2. The molecular formula is C87H98N8O10S. The van der Waals surface area contributed by atoms with Crippen LogP contribution in [0.1, 0.15) is 111 Å². The summed E-state index contributed by atoms with van der Waals surface area (Å²) in [6.45, 7) is 3.29. The Kier molecular flexibility index (Phi) is 25.3. The minimum atomic E-state index is 0.0414. The van der Waals surface area contributed by atoms with E-state index in [-0.39, 0.29) is 12.1 Å². The van der Waals surface area contributed by atoms with Gasteiger partial charge in [-0.2, -0.15) is 12.6 Å². The number of nitrogens with zero attached hydrogens (tertiary/aromatic N) is 3. The molecule has 8 heterocycles. The first kappa shape index (κ1) is 74.9. The maximum atomic E-state index is 11.7. The Morgan fingerprint density at radius 2 is 0.736 bits per heavy atom. The summed E-state index contributed by atoms with van der Waals surface area (Å²) in [6, 6.07) is 50.6. The molecule has 0 aliphatic carbocycles. The van der Waals surface area contributed by atoms with Gasteiger partial charge in [0.05, 0.1) is 69.0 Å². The fourth-order valence-corrected chi connectivity index (χ4v) is 15.7. The normalized spacial score (nSPS) is 15.4. The number of benzene rings is 8. The molecule has 106 heavy (non-hydrogen) atoms. The minimum Gasteiger partial charge on any atom is -0.493 e. The summed E-state index contributed by atoms with van der Waals surface area (Å²) in [5, 5.41) is 8.79. The van der Waals surface area contributed by atoms with Crippen LogP contribution in [0.2, 0.25) is 0 Å². The predicted octanol–water partition coefficient (Wildman–Crippen LogP) is 16.5. The first-order chi connectivity index (χ1) is 52.1. The third-order valence-electron chi connectivity index (χ3n) is 21.2. The lowest BCUT2D eigenvalue weighted by molar-refractivity contribution is -0.121. The molecule has 2 amide bonds. The first-order valence-corrected chi connectivity index (χ1v) is 37.3. The van der Waals surface area contributed by atoms with Crippen LogP contribution in [-0.4, -0.2) is 138 Å². The van der Waals surface area contributed by atoms with Crippen LogP contribution in [0.15, 0.2) is 175 Å². The second-order valence-corrected chi connectivity index (χ2v) is 26.7. The number of H-pyrrole nitrogens is 4. The third-order valence-corrected chi connectivity index (χ3v) is 21.2. The van der Waals surface area contributed by atoms with E-state index in [1.807, 2.05) is 34.1 Å². The number of amides is 2. The quantitative estimate of drug-likeness (QED) is 0.0278. The molecule has 0 saturated heterocycles. The maximum absolute atomic E-state index is 11.7. The summed E-state index contributed by atoms with van der Waals surface area (Å²) in [7, 11) is 13.3. The molecule has 0 unspecified atom stereocenters. The van der Waals surface area contributed by atoms with Gasteiger partial charge in [0.25, 0.3) is 0 Å². The van der Waals surface area contributed by atoms with Crippen LogP contribution < -0.4 is 43.2 Å². The van der Waals surface area contributed by atoms with E-state index in [0.717, 1.165) is 178 Å². The van der Waals surface area contributed by atoms with Crippen molar-refractivity contribution < 1.29 is 47.5 Å². The highest BCUT2D eigenvalue weighted by atomic mass is 32.1. The summed E-state index contributed by atoms with van der Waals surface area (Å²) in [4.78, 5) is 45.4. The van der Waals surface area contributed by atoms with Crippen molar-refractivity contribution in [3.05, 3.63) is 237 Å². The molecule has 16 rings (SSSR count). The Hall–Kier alpha value is -10.8. The highest BCUT2D eigenvalue weighted by Gasteiger charge is 2.31. The summed E-state index contributed by atoms with van der Waals surface area (Å²) < 4.78 is 43.7. The molecule has 4 aromatic heterocycles. The van der Waals surface area contributed by atoms with Gasteiger partial charge in [0.15, 0.2) is 46.0 Å². The van der Waals surface area contributed by atoms with Crippen LogP contribution in [0.4, 0.5) is 0 Å². The predicted molar refractivity (Wildman–Crippen MR) is 428 cm³/mol. The number of aliphatic imine (C=N–C) groups is 1. The van der Waals surface area contributed by atoms with E-state index in [2.05, 4.69) is 184 Å². The van der Waals surface area contributed by atoms with Gasteiger partial charge in [-0.25, -0.2) is 0 Å². The van der Waals surface area contributed by atoms with Crippen LogP contribution in [0.25, 0.3) is 43.6 Å². The van der Waals surface area contributed by atoms with Crippen molar-refractivity contribution in [1.29, 1.82) is 0 Å². The molecule has 4 aliphatic rings. The summed E-state index contributed by atoms with van der Waals surface area (Å²) >= 11 is 3.53. The van der Waals surface area contributed by atoms with E-state index in [0.29, 0.717) is 17.5 Å². The van der Waals surface area contributed by atoms with Crippen LogP contribution >= 0.6 is 12.6 Å². The van der Waals surface area contributed by atoms with Crippen molar-refractivity contribution in [1.82, 2.24) is 35.1 Å². The molecule has 0 spiro atoms. The minimum absolute atomic E-state index is 0.0414. The zero-order valence-corrected chi connectivity index (χ0v) is 63.1. The van der Waals surface area contributed by atoms with Crippen LogP contribution in [0.3, 0.4) is 0 Å². The average Bonchev–Trinajstić information content (AvgIpc) is 1.20. The molecule has 0 radical (unpaired) electrons. The highest BCUT2D eigenvalue weighted by Crippen LogP contribution is 2.43. The number of aromatic amines is 4. The van der Waals surface area contributed by atoms with Crippen molar-refractivity contribution >= 4 is 74.8 Å². The lowest BCUT2D eigenvalue weighted by Crippen LogP contribution is -2.34. The van der Waals surface area contributed by atoms with E-state index in [9.17, 15) is 9.59 Å². The van der Waals surface area contributed by atoms with Gasteiger partial charge in [-0.3, -0.25) is 14.6 Å². The number of para-hydroxylation sites is 4. The fourth-order valence-electron chi connectivity index (χ4n) is 15.7. The van der Waals surface area contributed by atoms with Gasteiger partial charge in [0, 0.05) is 105 Å². The zero-order chi connectivity index (χ0) is 74.1. The SMILES string of the molecule is COc1cc2c(cc1OC)C(CCc1c[nH]c3ccccc13)=NCC2.COc1cc2c(cc1OC)[C@H](CCc1c[nH]c3ccccc13)N(C=O)CC2.COc1cc2c(cc1OC)[C@H](CCc1c[nH]c3ccccc13)N(C=O)CC2.COc1cc2c(cc1OC)[C@H](CCc1c[nH]c3ccccc13)NCC2.CS. The number of hydrogen-bond donors (Lipinski definition) is 6. The highest BCUT2D eigenvalue weighted by molar-refractivity contribution is 7.79. The second kappa shape index (κ2) is 35.8. The Balaban J connectivity index is 0.000000131. The molecule has 8 aromatic carbocycles. The second-order valence-electron chi connectivity index (χ2n) is 26.7. The van der Waals surface area contributed by atoms with Crippen molar-refractivity contribution in [2.24, 2.45) is 4.99 Å². The fraction of sp³-hybridized carbons (Fsp3) is 0.322. The van der Waals surface area contributed by atoms with E-state index in [4.69, 9.17) is 42.9 Å². The Morgan fingerprint density at radius 3 is 1.13 bits per heavy atom. The van der Waals surface area contributed by atoms with Gasteiger partial charge in [0.2, 0.25) is 12.8 Å². The summed E-state index contributed by atoms with van der Waals surface area (Å²) in [6.07, 6.45) is 23.2. The topological polar surface area (TPSA) is 202 Å². The number of fused-ring (bicyclic) bond motifs is 8. The Bertz CT molecular complexity index is 4840. The summed E-state index contributed by atoms with van der Waals surface area (Å²) in [5.41, 5.74) is 21.1. The molecular weight excluding hydrogens is 1350 g/mol. The monoisotopic (exact) mass is 1450 g/mol. The smallest absolute Gasteiger partial charge is 0.210 e. The van der Waals surface area contributed by atoms with Crippen molar-refractivity contribution in [3.63, 3.8) is 0 Å². The van der Waals surface area contributed by atoms with Crippen LogP contribution in [0, 0.1) is 0 Å². The largest absolute Gasteiger partial charge is 0.493 e. The number of carbonyl (C=O) groups is 2. The molecule has 19 heteroatoms. The number of rotatable bonds is 22. The molecule has 3 atom stereocenters. The number of nitrogens with one attached hydrogen (secondary N) is 5.